The molecule has 1 aromatic carbocycles. The van der Waals surface area contributed by atoms with E-state index in [9.17, 15) is 4.79 Å². The van der Waals surface area contributed by atoms with Crippen LogP contribution in [0.1, 0.15) is 29.9 Å². The van der Waals surface area contributed by atoms with Crippen LogP contribution in [0.2, 0.25) is 0 Å². The van der Waals surface area contributed by atoms with Crippen LogP contribution in [0.15, 0.2) is 24.3 Å². The van der Waals surface area contributed by atoms with Crippen molar-refractivity contribution in [1.82, 2.24) is 0 Å². The van der Waals surface area contributed by atoms with E-state index in [1.165, 1.54) is 18.4 Å². The monoisotopic (exact) mass is 219 g/mol. The Hall–Kier alpha value is -1.35. The molecule has 1 unspecified atom stereocenters. The predicted molar refractivity (Wildman–Crippen MR) is 62.3 cm³/mol. The minimum absolute atomic E-state index is 0.203. The van der Waals surface area contributed by atoms with Crippen molar-refractivity contribution in [2.45, 2.75) is 25.2 Å². The molecule has 3 nitrogen and oxygen atoms in total. The lowest BCUT2D eigenvalue weighted by Crippen LogP contribution is -2.25. The summed E-state index contributed by atoms with van der Waals surface area (Å²) < 4.78 is 0. The lowest BCUT2D eigenvalue weighted by molar-refractivity contribution is -0.141. The van der Waals surface area contributed by atoms with Crippen LogP contribution < -0.4 is 5.73 Å². The van der Waals surface area contributed by atoms with Crippen LogP contribution in [0.4, 0.5) is 0 Å². The van der Waals surface area contributed by atoms with E-state index in [1.807, 2.05) is 18.2 Å². The molecule has 0 saturated heterocycles. The second-order valence-electron chi connectivity index (χ2n) is 4.45. The molecule has 16 heavy (non-hydrogen) atoms. The molecule has 0 amide bonds. The normalized spacial score (nSPS) is 17.1. The Morgan fingerprint density at radius 3 is 2.69 bits per heavy atom. The summed E-state index contributed by atoms with van der Waals surface area (Å²) in [6.45, 7) is 0.203. The molecule has 1 saturated carbocycles. The minimum Gasteiger partial charge on any atom is -0.481 e. The van der Waals surface area contributed by atoms with Crippen LogP contribution in [0.5, 0.6) is 0 Å². The molecule has 0 heterocycles. The van der Waals surface area contributed by atoms with Crippen molar-refractivity contribution in [3.63, 3.8) is 0 Å². The highest BCUT2D eigenvalue weighted by atomic mass is 16.4. The lowest BCUT2D eigenvalue weighted by Gasteiger charge is -2.13. The van der Waals surface area contributed by atoms with Gasteiger partial charge in [0.05, 0.1) is 5.92 Å². The van der Waals surface area contributed by atoms with Gasteiger partial charge in [-0.2, -0.15) is 0 Å². The summed E-state index contributed by atoms with van der Waals surface area (Å²) in [5.41, 5.74) is 7.96. The third-order valence-corrected chi connectivity index (χ3v) is 3.17. The van der Waals surface area contributed by atoms with Gasteiger partial charge < -0.3 is 10.8 Å². The number of benzene rings is 1. The van der Waals surface area contributed by atoms with Crippen molar-refractivity contribution in [3.8, 4) is 0 Å². The van der Waals surface area contributed by atoms with E-state index in [0.29, 0.717) is 12.3 Å². The number of hydrogen-bond donors (Lipinski definition) is 2. The molecule has 1 atom stereocenters. The summed E-state index contributed by atoms with van der Waals surface area (Å²) in [6.07, 6.45) is 3.02. The molecule has 86 valence electrons. The fourth-order valence-electron chi connectivity index (χ4n) is 2.05. The van der Waals surface area contributed by atoms with Gasteiger partial charge in [0.2, 0.25) is 0 Å². The molecule has 0 radical (unpaired) electrons. The van der Waals surface area contributed by atoms with Gasteiger partial charge in [-0.15, -0.1) is 0 Å². The Bertz CT molecular complexity index is 385. The summed E-state index contributed by atoms with van der Waals surface area (Å²) in [6, 6.07) is 8.13. The van der Waals surface area contributed by atoms with Gasteiger partial charge in [-0.1, -0.05) is 24.3 Å². The maximum atomic E-state index is 11.0. The lowest BCUT2D eigenvalue weighted by atomic mass is 9.94. The number of rotatable bonds is 5. The molecular formula is C13H17NO2. The summed E-state index contributed by atoms with van der Waals surface area (Å²) in [4.78, 5) is 11.0. The van der Waals surface area contributed by atoms with Gasteiger partial charge in [-0.25, -0.2) is 0 Å². The number of nitrogens with two attached hydrogens (primary N) is 1. The van der Waals surface area contributed by atoms with Crippen molar-refractivity contribution < 1.29 is 9.90 Å². The Labute approximate surface area is 95.3 Å². The third-order valence-electron chi connectivity index (χ3n) is 3.17. The Morgan fingerprint density at radius 2 is 2.12 bits per heavy atom. The first-order valence-electron chi connectivity index (χ1n) is 5.73. The smallest absolute Gasteiger partial charge is 0.308 e. The van der Waals surface area contributed by atoms with E-state index in [1.54, 1.807) is 0 Å². The summed E-state index contributed by atoms with van der Waals surface area (Å²) >= 11 is 0. The Balaban J connectivity index is 2.16. The number of aliphatic carboxylic acids is 1. The molecule has 3 N–H and O–H groups in total. The third kappa shape index (κ3) is 2.42. The van der Waals surface area contributed by atoms with Gasteiger partial charge in [-0.3, -0.25) is 4.79 Å². The van der Waals surface area contributed by atoms with E-state index in [-0.39, 0.29) is 6.54 Å². The van der Waals surface area contributed by atoms with E-state index < -0.39 is 11.9 Å². The van der Waals surface area contributed by atoms with Gasteiger partial charge in [0.1, 0.15) is 0 Å². The van der Waals surface area contributed by atoms with E-state index >= 15 is 0 Å². The van der Waals surface area contributed by atoms with Gasteiger partial charge in [0, 0.05) is 6.54 Å². The SMILES string of the molecule is NCC(Cc1ccccc1C1CC1)C(=O)O. The van der Waals surface area contributed by atoms with Crippen LogP contribution in [-0.2, 0) is 11.2 Å². The van der Waals surface area contributed by atoms with Gasteiger partial charge in [0.15, 0.2) is 0 Å². The number of carbonyl (C=O) groups is 1. The maximum absolute atomic E-state index is 11.0. The fourth-order valence-corrected chi connectivity index (χ4v) is 2.05. The zero-order valence-corrected chi connectivity index (χ0v) is 9.23. The molecule has 1 aliphatic carbocycles. The number of carboxylic acids is 1. The minimum atomic E-state index is -0.798. The molecule has 1 aliphatic rings. The topological polar surface area (TPSA) is 63.3 Å². The Kier molecular flexibility index (Phi) is 3.25. The molecule has 3 heteroatoms. The van der Waals surface area contributed by atoms with Crippen molar-refractivity contribution in [2.24, 2.45) is 11.7 Å². The van der Waals surface area contributed by atoms with Crippen molar-refractivity contribution in [1.29, 1.82) is 0 Å². The highest BCUT2D eigenvalue weighted by molar-refractivity contribution is 5.70. The molecule has 0 spiro atoms. The first-order valence-corrected chi connectivity index (χ1v) is 5.73. The van der Waals surface area contributed by atoms with Crippen LogP contribution in [0, 0.1) is 5.92 Å². The molecule has 0 aromatic heterocycles. The molecule has 0 bridgehead atoms. The van der Waals surface area contributed by atoms with Crippen molar-refractivity contribution in [2.75, 3.05) is 6.54 Å². The Morgan fingerprint density at radius 1 is 1.44 bits per heavy atom. The van der Waals surface area contributed by atoms with E-state index in [0.717, 1.165) is 5.56 Å². The second kappa shape index (κ2) is 4.66. The summed E-state index contributed by atoms with van der Waals surface area (Å²) in [5, 5.41) is 9.00. The standard InChI is InChI=1S/C13H17NO2/c14-8-11(13(15)16)7-10-3-1-2-4-12(10)9-5-6-9/h1-4,9,11H,5-8,14H2,(H,15,16). The number of carboxylic acid groups (broad SMARTS) is 1. The van der Waals surface area contributed by atoms with Crippen LogP contribution >= 0.6 is 0 Å². The maximum Gasteiger partial charge on any atom is 0.308 e. The van der Waals surface area contributed by atoms with Gasteiger partial charge in [0.25, 0.3) is 0 Å². The average molecular weight is 219 g/mol. The molecular weight excluding hydrogens is 202 g/mol. The molecule has 0 aliphatic heterocycles. The van der Waals surface area contributed by atoms with Gasteiger partial charge >= 0.3 is 5.97 Å². The first-order chi connectivity index (χ1) is 7.72. The molecule has 1 fully saturated rings. The number of hydrogen-bond acceptors (Lipinski definition) is 2. The van der Waals surface area contributed by atoms with Crippen LogP contribution in [-0.4, -0.2) is 17.6 Å². The van der Waals surface area contributed by atoms with Crippen molar-refractivity contribution >= 4 is 5.97 Å². The average Bonchev–Trinajstić information content (AvgIpc) is 3.09. The van der Waals surface area contributed by atoms with E-state index in [2.05, 4.69) is 6.07 Å². The predicted octanol–water partition coefficient (Wildman–Crippen LogP) is 1.77. The van der Waals surface area contributed by atoms with Crippen LogP contribution in [0.3, 0.4) is 0 Å². The quantitative estimate of drug-likeness (QED) is 0.793. The van der Waals surface area contributed by atoms with Crippen LogP contribution in [0.25, 0.3) is 0 Å². The summed E-state index contributed by atoms with van der Waals surface area (Å²) in [5.74, 6) is -0.601. The zero-order chi connectivity index (χ0) is 11.5. The van der Waals surface area contributed by atoms with E-state index in [4.69, 9.17) is 10.8 Å². The summed E-state index contributed by atoms with van der Waals surface area (Å²) in [7, 11) is 0. The molecule has 2 rings (SSSR count). The second-order valence-corrected chi connectivity index (χ2v) is 4.45. The highest BCUT2D eigenvalue weighted by Crippen LogP contribution is 2.41. The largest absolute Gasteiger partial charge is 0.481 e. The molecule has 1 aromatic rings. The van der Waals surface area contributed by atoms with Gasteiger partial charge in [-0.05, 0) is 36.3 Å². The van der Waals surface area contributed by atoms with Crippen molar-refractivity contribution in [3.05, 3.63) is 35.4 Å². The fraction of sp³-hybridized carbons (Fsp3) is 0.462. The first kappa shape index (κ1) is 11.1. The zero-order valence-electron chi connectivity index (χ0n) is 9.23. The highest BCUT2D eigenvalue weighted by Gasteiger charge is 2.27.